The Hall–Kier alpha value is -0.830. The molecule has 0 unspecified atom stereocenters. The van der Waals surface area contributed by atoms with Crippen molar-refractivity contribution in [3.63, 3.8) is 0 Å². The summed E-state index contributed by atoms with van der Waals surface area (Å²) in [7, 11) is 3.52. The fourth-order valence-corrected chi connectivity index (χ4v) is 3.60. The molecule has 0 aliphatic heterocycles. The van der Waals surface area contributed by atoms with Crippen LogP contribution < -0.4 is 10.6 Å². The van der Waals surface area contributed by atoms with Gasteiger partial charge in [-0.1, -0.05) is 19.9 Å². The van der Waals surface area contributed by atoms with Gasteiger partial charge >= 0.3 is 0 Å². The standard InChI is InChI=1S/C19H32N4OS.HI/c1-19(2)9-7-15(8-10-19)12-20-18(22-14-17(24)23(3)4)21-13-16-6-5-11-25-16;/h5-6,11,15H,7-10,12-14H2,1-4H3,(H2,20,21,22);1H. The molecule has 0 bridgehead atoms. The van der Waals surface area contributed by atoms with Gasteiger partial charge in [0.05, 0.1) is 6.54 Å². The van der Waals surface area contributed by atoms with E-state index in [0.717, 1.165) is 19.0 Å². The third-order valence-corrected chi connectivity index (χ3v) is 5.77. The molecule has 2 rings (SSSR count). The number of carbonyl (C=O) groups is 1. The molecule has 148 valence electrons. The summed E-state index contributed by atoms with van der Waals surface area (Å²) >= 11 is 1.72. The zero-order valence-corrected chi connectivity index (χ0v) is 19.5. The molecule has 0 spiro atoms. The van der Waals surface area contributed by atoms with Gasteiger partial charge in [-0.25, -0.2) is 4.99 Å². The van der Waals surface area contributed by atoms with E-state index in [1.54, 1.807) is 30.3 Å². The highest BCUT2D eigenvalue weighted by molar-refractivity contribution is 14.0. The minimum absolute atomic E-state index is 0. The highest BCUT2D eigenvalue weighted by atomic mass is 127. The predicted octanol–water partition coefficient (Wildman–Crippen LogP) is 3.71. The van der Waals surface area contributed by atoms with E-state index >= 15 is 0 Å². The molecule has 0 saturated heterocycles. The first kappa shape index (κ1) is 23.2. The predicted molar refractivity (Wildman–Crippen MR) is 121 cm³/mol. The van der Waals surface area contributed by atoms with Gasteiger partial charge in [-0.3, -0.25) is 4.79 Å². The SMILES string of the molecule is CN(C)C(=O)CN=C(NCc1cccs1)NCC1CCC(C)(C)CC1.I. The number of carbonyl (C=O) groups excluding carboxylic acids is 1. The second-order valence-electron chi connectivity index (χ2n) is 7.87. The summed E-state index contributed by atoms with van der Waals surface area (Å²) in [4.78, 5) is 19.1. The van der Waals surface area contributed by atoms with Crippen LogP contribution in [0.3, 0.4) is 0 Å². The molecule has 0 atom stereocenters. The van der Waals surface area contributed by atoms with E-state index in [0.29, 0.717) is 11.3 Å². The Morgan fingerprint density at radius 3 is 2.58 bits per heavy atom. The van der Waals surface area contributed by atoms with E-state index in [-0.39, 0.29) is 36.4 Å². The average molecular weight is 492 g/mol. The molecule has 1 aliphatic rings. The first-order valence-corrected chi connectivity index (χ1v) is 9.98. The van der Waals surface area contributed by atoms with E-state index in [1.807, 2.05) is 6.07 Å². The summed E-state index contributed by atoms with van der Waals surface area (Å²) in [6, 6.07) is 4.15. The van der Waals surface area contributed by atoms with Gasteiger partial charge in [0.1, 0.15) is 6.54 Å². The number of halogens is 1. The molecule has 2 N–H and O–H groups in total. The average Bonchev–Trinajstić information content (AvgIpc) is 3.08. The maximum Gasteiger partial charge on any atom is 0.243 e. The molecule has 0 radical (unpaired) electrons. The minimum atomic E-state index is 0. The van der Waals surface area contributed by atoms with E-state index < -0.39 is 0 Å². The number of aliphatic imine (C=N–C) groups is 1. The fourth-order valence-electron chi connectivity index (χ4n) is 2.95. The first-order valence-electron chi connectivity index (χ1n) is 9.10. The Balaban J connectivity index is 0.00000338. The van der Waals surface area contributed by atoms with Gasteiger partial charge in [-0.15, -0.1) is 35.3 Å². The van der Waals surface area contributed by atoms with Crippen molar-refractivity contribution in [3.05, 3.63) is 22.4 Å². The Labute approximate surface area is 179 Å². The molecule has 1 saturated carbocycles. The van der Waals surface area contributed by atoms with Crippen LogP contribution in [0.15, 0.2) is 22.5 Å². The van der Waals surface area contributed by atoms with Crippen molar-refractivity contribution in [1.82, 2.24) is 15.5 Å². The number of guanidine groups is 1. The van der Waals surface area contributed by atoms with E-state index in [4.69, 9.17) is 0 Å². The lowest BCUT2D eigenvalue weighted by Gasteiger charge is -2.34. The number of amides is 1. The van der Waals surface area contributed by atoms with Crippen LogP contribution in [-0.4, -0.2) is 44.0 Å². The molecule has 26 heavy (non-hydrogen) atoms. The molecule has 0 aromatic carbocycles. The summed E-state index contributed by atoms with van der Waals surface area (Å²) in [5, 5.41) is 8.87. The summed E-state index contributed by atoms with van der Waals surface area (Å²) in [5.41, 5.74) is 0.489. The highest BCUT2D eigenvalue weighted by Crippen LogP contribution is 2.37. The molecule has 1 fully saturated rings. The lowest BCUT2D eigenvalue weighted by Crippen LogP contribution is -2.41. The van der Waals surface area contributed by atoms with Crippen LogP contribution >= 0.6 is 35.3 Å². The zero-order chi connectivity index (χ0) is 18.3. The Morgan fingerprint density at radius 1 is 1.31 bits per heavy atom. The molecule has 1 amide bonds. The Morgan fingerprint density at radius 2 is 2.00 bits per heavy atom. The van der Waals surface area contributed by atoms with Gasteiger partial charge in [0.2, 0.25) is 5.91 Å². The molecule has 1 aliphatic carbocycles. The van der Waals surface area contributed by atoms with Crippen molar-refractivity contribution in [2.45, 2.75) is 46.1 Å². The highest BCUT2D eigenvalue weighted by Gasteiger charge is 2.26. The summed E-state index contributed by atoms with van der Waals surface area (Å²) in [5.74, 6) is 1.43. The topological polar surface area (TPSA) is 56.7 Å². The fraction of sp³-hybridized carbons (Fsp3) is 0.684. The lowest BCUT2D eigenvalue weighted by molar-refractivity contribution is -0.127. The van der Waals surface area contributed by atoms with E-state index in [9.17, 15) is 4.79 Å². The molecular weight excluding hydrogens is 459 g/mol. The van der Waals surface area contributed by atoms with Crippen LogP contribution in [0.1, 0.15) is 44.4 Å². The monoisotopic (exact) mass is 492 g/mol. The summed E-state index contributed by atoms with van der Waals surface area (Å²) in [6.07, 6.45) is 5.09. The van der Waals surface area contributed by atoms with Crippen molar-refractivity contribution in [2.75, 3.05) is 27.2 Å². The van der Waals surface area contributed by atoms with Crippen LogP contribution in [0.5, 0.6) is 0 Å². The largest absolute Gasteiger partial charge is 0.356 e. The molecule has 5 nitrogen and oxygen atoms in total. The normalized spacial score (nSPS) is 17.3. The summed E-state index contributed by atoms with van der Waals surface area (Å²) < 4.78 is 0. The molecule has 1 heterocycles. The van der Waals surface area contributed by atoms with Crippen LogP contribution in [-0.2, 0) is 11.3 Å². The second kappa shape index (κ2) is 11.1. The van der Waals surface area contributed by atoms with Gasteiger partial charge in [0, 0.05) is 25.5 Å². The van der Waals surface area contributed by atoms with E-state index in [2.05, 4.69) is 40.9 Å². The van der Waals surface area contributed by atoms with Crippen molar-refractivity contribution >= 4 is 47.2 Å². The molecule has 1 aromatic heterocycles. The zero-order valence-electron chi connectivity index (χ0n) is 16.4. The van der Waals surface area contributed by atoms with Crippen molar-refractivity contribution < 1.29 is 4.79 Å². The van der Waals surface area contributed by atoms with Crippen molar-refractivity contribution in [2.24, 2.45) is 16.3 Å². The van der Waals surface area contributed by atoms with Crippen LogP contribution in [0, 0.1) is 11.3 Å². The van der Waals surface area contributed by atoms with Gasteiger partial charge in [0.15, 0.2) is 5.96 Å². The second-order valence-corrected chi connectivity index (χ2v) is 8.91. The molecular formula is C19H33IN4OS. The number of likely N-dealkylation sites (N-methyl/N-ethyl adjacent to an activating group) is 1. The lowest BCUT2D eigenvalue weighted by atomic mass is 9.73. The Bertz CT molecular complexity index is 562. The maximum absolute atomic E-state index is 11.8. The van der Waals surface area contributed by atoms with Crippen LogP contribution in [0.4, 0.5) is 0 Å². The number of hydrogen-bond donors (Lipinski definition) is 2. The van der Waals surface area contributed by atoms with Crippen molar-refractivity contribution in [1.29, 1.82) is 0 Å². The quantitative estimate of drug-likeness (QED) is 0.362. The third-order valence-electron chi connectivity index (χ3n) is 4.90. The number of nitrogens with one attached hydrogen (secondary N) is 2. The van der Waals surface area contributed by atoms with Gasteiger partial charge in [0.25, 0.3) is 0 Å². The number of rotatable bonds is 6. The third kappa shape index (κ3) is 8.24. The summed E-state index contributed by atoms with van der Waals surface area (Å²) in [6.45, 7) is 6.54. The van der Waals surface area contributed by atoms with Gasteiger partial charge < -0.3 is 15.5 Å². The molecule has 1 aromatic rings. The minimum Gasteiger partial charge on any atom is -0.356 e. The number of thiophene rings is 1. The number of hydrogen-bond acceptors (Lipinski definition) is 3. The molecule has 7 heteroatoms. The smallest absolute Gasteiger partial charge is 0.243 e. The van der Waals surface area contributed by atoms with Crippen molar-refractivity contribution in [3.8, 4) is 0 Å². The van der Waals surface area contributed by atoms with Crippen LogP contribution in [0.25, 0.3) is 0 Å². The Kier molecular flexibility index (Phi) is 9.92. The van der Waals surface area contributed by atoms with E-state index in [1.165, 1.54) is 30.6 Å². The van der Waals surface area contributed by atoms with Gasteiger partial charge in [-0.2, -0.15) is 0 Å². The maximum atomic E-state index is 11.8. The van der Waals surface area contributed by atoms with Gasteiger partial charge in [-0.05, 0) is 48.5 Å². The van der Waals surface area contributed by atoms with Crippen LogP contribution in [0.2, 0.25) is 0 Å². The number of nitrogens with zero attached hydrogens (tertiary/aromatic N) is 2. The first-order chi connectivity index (χ1) is 11.9.